The van der Waals surface area contributed by atoms with Crippen LogP contribution in [0.1, 0.15) is 15.9 Å². The highest BCUT2D eigenvalue weighted by Gasteiger charge is 2.25. The predicted molar refractivity (Wildman–Crippen MR) is 93.7 cm³/mol. The minimum atomic E-state index is -3.58. The van der Waals surface area contributed by atoms with Crippen LogP contribution in [0.3, 0.4) is 0 Å². The summed E-state index contributed by atoms with van der Waals surface area (Å²) >= 11 is 0. The van der Waals surface area contributed by atoms with Crippen molar-refractivity contribution in [2.75, 3.05) is 18.0 Å². The molecule has 2 aromatic carbocycles. The van der Waals surface area contributed by atoms with Gasteiger partial charge in [0.05, 0.1) is 4.90 Å². The first-order chi connectivity index (χ1) is 11.5. The van der Waals surface area contributed by atoms with Gasteiger partial charge in [0.1, 0.15) is 0 Å². The van der Waals surface area contributed by atoms with Gasteiger partial charge in [-0.25, -0.2) is 13.1 Å². The number of para-hydroxylation sites is 1. The van der Waals surface area contributed by atoms with Crippen molar-refractivity contribution in [2.45, 2.75) is 11.3 Å². The molecule has 0 bridgehead atoms. The Morgan fingerprint density at radius 2 is 1.88 bits per heavy atom. The molecule has 1 amide bonds. The largest absolute Gasteiger partial charge is 0.308 e. The van der Waals surface area contributed by atoms with Gasteiger partial charge in [-0.1, -0.05) is 24.3 Å². The Bertz CT molecular complexity index is 873. The van der Waals surface area contributed by atoms with Gasteiger partial charge in [-0.2, -0.15) is 0 Å². The lowest BCUT2D eigenvalue weighted by Gasteiger charge is -2.17. The summed E-state index contributed by atoms with van der Waals surface area (Å²) in [7, 11) is -3.58. The van der Waals surface area contributed by atoms with Crippen LogP contribution in [0, 0.1) is 0 Å². The summed E-state index contributed by atoms with van der Waals surface area (Å²) < 4.78 is 26.5. The van der Waals surface area contributed by atoms with Crippen LogP contribution in [0.15, 0.2) is 66.1 Å². The summed E-state index contributed by atoms with van der Waals surface area (Å²) in [6.45, 7) is 4.28. The Hall–Kier alpha value is -2.44. The first-order valence-corrected chi connectivity index (χ1v) is 9.11. The highest BCUT2D eigenvalue weighted by Crippen LogP contribution is 2.28. The molecular formula is C18H18N2O3S. The Morgan fingerprint density at radius 1 is 1.17 bits per heavy atom. The summed E-state index contributed by atoms with van der Waals surface area (Å²) in [5, 5.41) is 0. The molecule has 0 atom stereocenters. The van der Waals surface area contributed by atoms with E-state index in [0.717, 1.165) is 17.7 Å². The van der Waals surface area contributed by atoms with Crippen molar-refractivity contribution in [1.82, 2.24) is 4.72 Å². The minimum Gasteiger partial charge on any atom is -0.308 e. The molecule has 0 fully saturated rings. The van der Waals surface area contributed by atoms with Crippen LogP contribution < -0.4 is 9.62 Å². The van der Waals surface area contributed by atoms with Gasteiger partial charge in [-0.05, 0) is 42.3 Å². The number of benzene rings is 2. The fourth-order valence-electron chi connectivity index (χ4n) is 2.73. The second-order valence-corrected chi connectivity index (χ2v) is 7.27. The smallest absolute Gasteiger partial charge is 0.258 e. The molecule has 5 nitrogen and oxygen atoms in total. The molecular weight excluding hydrogens is 324 g/mol. The maximum atomic E-state index is 12.7. The lowest BCUT2D eigenvalue weighted by atomic mass is 10.1. The topological polar surface area (TPSA) is 66.5 Å². The molecule has 1 N–H and O–H groups in total. The molecule has 0 aromatic heterocycles. The number of rotatable bonds is 5. The van der Waals surface area contributed by atoms with Crippen molar-refractivity contribution < 1.29 is 13.2 Å². The Kier molecular flexibility index (Phi) is 4.51. The molecule has 2 aromatic rings. The summed E-state index contributed by atoms with van der Waals surface area (Å²) in [6, 6.07) is 13.8. The van der Waals surface area contributed by atoms with Crippen LogP contribution in [0.4, 0.5) is 5.69 Å². The van der Waals surface area contributed by atoms with Crippen molar-refractivity contribution in [3.05, 3.63) is 72.3 Å². The van der Waals surface area contributed by atoms with Crippen LogP contribution >= 0.6 is 0 Å². The maximum Gasteiger partial charge on any atom is 0.258 e. The Morgan fingerprint density at radius 3 is 2.58 bits per heavy atom. The average molecular weight is 342 g/mol. The number of fused-ring (bicyclic) bond motifs is 1. The number of nitrogens with one attached hydrogen (secondary N) is 1. The van der Waals surface area contributed by atoms with E-state index in [2.05, 4.69) is 11.3 Å². The molecule has 6 heteroatoms. The zero-order chi connectivity index (χ0) is 17.2. The molecule has 0 saturated carbocycles. The first kappa shape index (κ1) is 16.4. The summed E-state index contributed by atoms with van der Waals surface area (Å²) in [6.07, 6.45) is 2.31. The molecule has 1 aliphatic heterocycles. The fourth-order valence-corrected chi connectivity index (χ4v) is 3.73. The van der Waals surface area contributed by atoms with E-state index in [9.17, 15) is 13.2 Å². The molecule has 124 valence electrons. The maximum absolute atomic E-state index is 12.7. The number of carbonyl (C=O) groups excluding carboxylic acids is 1. The van der Waals surface area contributed by atoms with E-state index in [1.165, 1.54) is 18.2 Å². The van der Waals surface area contributed by atoms with Gasteiger partial charge >= 0.3 is 0 Å². The van der Waals surface area contributed by atoms with Crippen LogP contribution in [0.2, 0.25) is 0 Å². The molecule has 3 rings (SSSR count). The highest BCUT2D eigenvalue weighted by molar-refractivity contribution is 7.89. The number of sulfonamides is 1. The number of hydrogen-bond acceptors (Lipinski definition) is 3. The van der Waals surface area contributed by atoms with Crippen LogP contribution in [-0.4, -0.2) is 27.4 Å². The summed E-state index contributed by atoms with van der Waals surface area (Å²) in [4.78, 5) is 14.5. The van der Waals surface area contributed by atoms with Crippen LogP contribution in [0.5, 0.6) is 0 Å². The number of amides is 1. The van der Waals surface area contributed by atoms with Crippen LogP contribution in [0.25, 0.3) is 0 Å². The minimum absolute atomic E-state index is 0.122. The molecule has 0 saturated heterocycles. The Balaban J connectivity index is 1.82. The molecule has 1 heterocycles. The number of anilines is 1. The fraction of sp³-hybridized carbons (Fsp3) is 0.167. The van der Waals surface area contributed by atoms with E-state index in [4.69, 9.17) is 0 Å². The number of hydrogen-bond donors (Lipinski definition) is 1. The van der Waals surface area contributed by atoms with E-state index in [-0.39, 0.29) is 17.3 Å². The lowest BCUT2D eigenvalue weighted by Crippen LogP contribution is -2.29. The third-order valence-corrected chi connectivity index (χ3v) is 5.40. The quantitative estimate of drug-likeness (QED) is 0.848. The number of carbonyl (C=O) groups is 1. The molecule has 1 aliphatic rings. The third-order valence-electron chi connectivity index (χ3n) is 3.96. The third kappa shape index (κ3) is 3.11. The zero-order valence-electron chi connectivity index (χ0n) is 13.1. The molecule has 0 radical (unpaired) electrons. The van der Waals surface area contributed by atoms with E-state index < -0.39 is 10.0 Å². The highest BCUT2D eigenvalue weighted by atomic mass is 32.2. The molecule has 24 heavy (non-hydrogen) atoms. The number of nitrogens with zero attached hydrogens (tertiary/aromatic N) is 1. The monoisotopic (exact) mass is 342 g/mol. The SMILES string of the molecule is C=CCNS(=O)(=O)c1ccc(C(=O)N2CCc3ccccc32)cc1. The van der Waals surface area contributed by atoms with Gasteiger partial charge in [0, 0.05) is 24.3 Å². The van der Waals surface area contributed by atoms with Gasteiger partial charge in [0.2, 0.25) is 10.0 Å². The van der Waals surface area contributed by atoms with Gasteiger partial charge in [-0.15, -0.1) is 6.58 Å². The molecule has 0 unspecified atom stereocenters. The van der Waals surface area contributed by atoms with Gasteiger partial charge < -0.3 is 4.90 Å². The predicted octanol–water partition coefficient (Wildman–Crippen LogP) is 2.35. The lowest BCUT2D eigenvalue weighted by molar-refractivity contribution is 0.0989. The summed E-state index contributed by atoms with van der Waals surface area (Å²) in [5.41, 5.74) is 2.54. The molecule has 0 spiro atoms. The van der Waals surface area contributed by atoms with Gasteiger partial charge in [-0.3, -0.25) is 4.79 Å². The van der Waals surface area contributed by atoms with Crippen molar-refractivity contribution in [2.24, 2.45) is 0 Å². The van der Waals surface area contributed by atoms with Crippen molar-refractivity contribution in [1.29, 1.82) is 0 Å². The van der Waals surface area contributed by atoms with Crippen LogP contribution in [-0.2, 0) is 16.4 Å². The Labute approximate surface area is 141 Å². The van der Waals surface area contributed by atoms with Gasteiger partial charge in [0.25, 0.3) is 5.91 Å². The standard InChI is InChI=1S/C18H18N2O3S/c1-2-12-19-24(22,23)16-9-7-15(8-10-16)18(21)20-13-11-14-5-3-4-6-17(14)20/h2-10,19H,1,11-13H2. The second kappa shape index (κ2) is 6.59. The van der Waals surface area contributed by atoms with Crippen molar-refractivity contribution in [3.63, 3.8) is 0 Å². The van der Waals surface area contributed by atoms with Gasteiger partial charge in [0.15, 0.2) is 0 Å². The normalized spacial score (nSPS) is 13.6. The van der Waals surface area contributed by atoms with E-state index in [1.54, 1.807) is 17.0 Å². The van der Waals surface area contributed by atoms with E-state index in [0.29, 0.717) is 12.1 Å². The van der Waals surface area contributed by atoms with Crippen molar-refractivity contribution >= 4 is 21.6 Å². The first-order valence-electron chi connectivity index (χ1n) is 7.63. The average Bonchev–Trinajstić information content (AvgIpc) is 3.03. The zero-order valence-corrected chi connectivity index (χ0v) is 13.9. The van der Waals surface area contributed by atoms with E-state index in [1.807, 2.05) is 24.3 Å². The second-order valence-electron chi connectivity index (χ2n) is 5.50. The molecule has 0 aliphatic carbocycles. The summed E-state index contributed by atoms with van der Waals surface area (Å²) in [5.74, 6) is -0.122. The van der Waals surface area contributed by atoms with Crippen molar-refractivity contribution in [3.8, 4) is 0 Å². The van der Waals surface area contributed by atoms with E-state index >= 15 is 0 Å².